The third-order valence-electron chi connectivity index (χ3n) is 2.41. The minimum Gasteiger partial charge on any atom is -0.103 e. The lowest BCUT2D eigenvalue weighted by atomic mass is 9.91. The van der Waals surface area contributed by atoms with Gasteiger partial charge in [-0.15, -0.1) is 6.58 Å². The van der Waals surface area contributed by atoms with Gasteiger partial charge in [0.2, 0.25) is 0 Å². The summed E-state index contributed by atoms with van der Waals surface area (Å²) in [6.45, 7) is 13.0. The van der Waals surface area contributed by atoms with Gasteiger partial charge in [-0.2, -0.15) is 0 Å². The number of hydrogen-bond donors (Lipinski definition) is 0. The zero-order valence-electron chi connectivity index (χ0n) is 9.14. The Bertz CT molecular complexity index is 113. The number of hydrogen-bond acceptors (Lipinski definition) is 0. The summed E-state index contributed by atoms with van der Waals surface area (Å²) < 4.78 is 0. The molecular formula is C12H24. The molecule has 2 atom stereocenters. The Morgan fingerprint density at radius 3 is 2.08 bits per heavy atom. The van der Waals surface area contributed by atoms with Gasteiger partial charge in [-0.05, 0) is 24.2 Å². The summed E-state index contributed by atoms with van der Waals surface area (Å²) in [5.41, 5.74) is 0. The maximum absolute atomic E-state index is 3.81. The molecule has 0 heteroatoms. The molecule has 0 aliphatic carbocycles. The van der Waals surface area contributed by atoms with Crippen molar-refractivity contribution in [2.75, 3.05) is 0 Å². The molecule has 0 aliphatic heterocycles. The van der Waals surface area contributed by atoms with E-state index in [1.54, 1.807) is 0 Å². The highest BCUT2D eigenvalue weighted by molar-refractivity contribution is 4.76. The van der Waals surface area contributed by atoms with Crippen molar-refractivity contribution in [3.05, 3.63) is 12.7 Å². The molecule has 0 nitrogen and oxygen atoms in total. The molecule has 0 heterocycles. The Morgan fingerprint density at radius 1 is 1.08 bits per heavy atom. The standard InChI is InChI=1S/C12H24/c1-6-11(4)9-12(5)8-7-10(2)3/h6,10-12H,1,7-9H2,2-5H3. The van der Waals surface area contributed by atoms with Gasteiger partial charge in [-0.1, -0.05) is 46.6 Å². The van der Waals surface area contributed by atoms with E-state index in [0.717, 1.165) is 11.8 Å². The quantitative estimate of drug-likeness (QED) is 0.519. The fourth-order valence-corrected chi connectivity index (χ4v) is 1.47. The van der Waals surface area contributed by atoms with Crippen LogP contribution in [0.5, 0.6) is 0 Å². The summed E-state index contributed by atoms with van der Waals surface area (Å²) in [6, 6.07) is 0. The predicted octanol–water partition coefficient (Wildman–Crippen LogP) is 4.27. The summed E-state index contributed by atoms with van der Waals surface area (Å²) >= 11 is 0. The minimum atomic E-state index is 0.687. The normalized spacial score (nSPS) is 16.1. The molecule has 0 spiro atoms. The first-order valence-electron chi connectivity index (χ1n) is 5.18. The van der Waals surface area contributed by atoms with Crippen molar-refractivity contribution < 1.29 is 0 Å². The Labute approximate surface area is 78.1 Å². The first kappa shape index (κ1) is 11.7. The first-order chi connectivity index (χ1) is 5.56. The van der Waals surface area contributed by atoms with Crippen LogP contribution in [0.1, 0.15) is 47.0 Å². The van der Waals surface area contributed by atoms with E-state index in [2.05, 4.69) is 40.3 Å². The van der Waals surface area contributed by atoms with E-state index in [0.29, 0.717) is 5.92 Å². The highest BCUT2D eigenvalue weighted by Gasteiger charge is 2.06. The van der Waals surface area contributed by atoms with Crippen LogP contribution in [0.4, 0.5) is 0 Å². The van der Waals surface area contributed by atoms with Gasteiger partial charge < -0.3 is 0 Å². The van der Waals surface area contributed by atoms with Crippen LogP contribution in [-0.4, -0.2) is 0 Å². The molecule has 0 fully saturated rings. The molecular weight excluding hydrogens is 144 g/mol. The van der Waals surface area contributed by atoms with Crippen LogP contribution in [0.3, 0.4) is 0 Å². The molecule has 12 heavy (non-hydrogen) atoms. The summed E-state index contributed by atoms with van der Waals surface area (Å²) in [5.74, 6) is 2.40. The molecule has 0 N–H and O–H groups in total. The van der Waals surface area contributed by atoms with E-state index in [1.807, 2.05) is 0 Å². The van der Waals surface area contributed by atoms with Crippen LogP contribution < -0.4 is 0 Å². The average molecular weight is 168 g/mol. The molecule has 0 aromatic heterocycles. The van der Waals surface area contributed by atoms with Crippen molar-refractivity contribution in [1.29, 1.82) is 0 Å². The fraction of sp³-hybridized carbons (Fsp3) is 0.833. The first-order valence-corrected chi connectivity index (χ1v) is 5.18. The van der Waals surface area contributed by atoms with Gasteiger partial charge in [0.05, 0.1) is 0 Å². The summed E-state index contributed by atoms with van der Waals surface area (Å²) in [6.07, 6.45) is 6.10. The second-order valence-corrected chi connectivity index (χ2v) is 4.53. The Balaban J connectivity index is 3.45. The van der Waals surface area contributed by atoms with E-state index in [9.17, 15) is 0 Å². The number of allylic oxidation sites excluding steroid dienone is 1. The smallest absolute Gasteiger partial charge is 0.0262 e. The summed E-state index contributed by atoms with van der Waals surface area (Å²) in [4.78, 5) is 0. The Hall–Kier alpha value is -0.260. The van der Waals surface area contributed by atoms with Crippen LogP contribution in [0.15, 0.2) is 12.7 Å². The van der Waals surface area contributed by atoms with Crippen molar-refractivity contribution in [3.8, 4) is 0 Å². The average Bonchev–Trinajstić information content (AvgIpc) is 2.00. The monoisotopic (exact) mass is 168 g/mol. The highest BCUT2D eigenvalue weighted by Crippen LogP contribution is 2.19. The van der Waals surface area contributed by atoms with Crippen molar-refractivity contribution >= 4 is 0 Å². The lowest BCUT2D eigenvalue weighted by molar-refractivity contribution is 0.396. The number of rotatable bonds is 6. The Kier molecular flexibility index (Phi) is 6.14. The molecule has 0 aliphatic rings. The van der Waals surface area contributed by atoms with Gasteiger partial charge in [0, 0.05) is 0 Å². The molecule has 0 saturated carbocycles. The molecule has 72 valence electrons. The van der Waals surface area contributed by atoms with E-state index < -0.39 is 0 Å². The van der Waals surface area contributed by atoms with Gasteiger partial charge in [-0.25, -0.2) is 0 Å². The maximum atomic E-state index is 3.81. The van der Waals surface area contributed by atoms with Crippen LogP contribution in [0.2, 0.25) is 0 Å². The van der Waals surface area contributed by atoms with Crippen LogP contribution in [0.25, 0.3) is 0 Å². The van der Waals surface area contributed by atoms with Crippen molar-refractivity contribution in [3.63, 3.8) is 0 Å². The van der Waals surface area contributed by atoms with Gasteiger partial charge in [0.15, 0.2) is 0 Å². The third kappa shape index (κ3) is 6.45. The highest BCUT2D eigenvalue weighted by atomic mass is 14.1. The van der Waals surface area contributed by atoms with Crippen molar-refractivity contribution in [1.82, 2.24) is 0 Å². The zero-order chi connectivity index (χ0) is 9.56. The van der Waals surface area contributed by atoms with E-state index in [-0.39, 0.29) is 0 Å². The summed E-state index contributed by atoms with van der Waals surface area (Å²) in [7, 11) is 0. The third-order valence-corrected chi connectivity index (χ3v) is 2.41. The van der Waals surface area contributed by atoms with Gasteiger partial charge in [0.25, 0.3) is 0 Å². The lowest BCUT2D eigenvalue weighted by Crippen LogP contribution is -2.02. The van der Waals surface area contributed by atoms with Gasteiger partial charge >= 0.3 is 0 Å². The van der Waals surface area contributed by atoms with Crippen LogP contribution >= 0.6 is 0 Å². The molecule has 2 unspecified atom stereocenters. The molecule has 0 radical (unpaired) electrons. The molecule has 0 saturated heterocycles. The van der Waals surface area contributed by atoms with Gasteiger partial charge in [0.1, 0.15) is 0 Å². The Morgan fingerprint density at radius 2 is 1.67 bits per heavy atom. The van der Waals surface area contributed by atoms with Crippen molar-refractivity contribution in [2.45, 2.75) is 47.0 Å². The minimum absolute atomic E-state index is 0.687. The SMILES string of the molecule is C=CC(C)CC(C)CCC(C)C. The zero-order valence-corrected chi connectivity index (χ0v) is 9.14. The van der Waals surface area contributed by atoms with Crippen molar-refractivity contribution in [2.24, 2.45) is 17.8 Å². The van der Waals surface area contributed by atoms with E-state index >= 15 is 0 Å². The molecule has 0 amide bonds. The largest absolute Gasteiger partial charge is 0.103 e. The van der Waals surface area contributed by atoms with E-state index in [4.69, 9.17) is 0 Å². The summed E-state index contributed by atoms with van der Waals surface area (Å²) in [5, 5.41) is 0. The topological polar surface area (TPSA) is 0 Å². The second kappa shape index (κ2) is 6.28. The molecule has 0 aromatic carbocycles. The maximum Gasteiger partial charge on any atom is -0.0262 e. The fourth-order valence-electron chi connectivity index (χ4n) is 1.47. The molecule has 0 bridgehead atoms. The second-order valence-electron chi connectivity index (χ2n) is 4.53. The van der Waals surface area contributed by atoms with E-state index in [1.165, 1.54) is 19.3 Å². The predicted molar refractivity (Wildman–Crippen MR) is 57.2 cm³/mol. The lowest BCUT2D eigenvalue weighted by Gasteiger charge is -2.15. The molecule has 0 aromatic rings. The van der Waals surface area contributed by atoms with Gasteiger partial charge in [-0.3, -0.25) is 0 Å². The van der Waals surface area contributed by atoms with Crippen LogP contribution in [-0.2, 0) is 0 Å². The van der Waals surface area contributed by atoms with Crippen LogP contribution in [0, 0.1) is 17.8 Å². The molecule has 0 rings (SSSR count).